The van der Waals surface area contributed by atoms with E-state index in [-0.39, 0.29) is 0 Å². The maximum atomic E-state index is 5.26. The highest BCUT2D eigenvalue weighted by Gasteiger charge is 2.46. The normalized spacial score (nSPS) is 12.6. The molecule has 63 heavy (non-hydrogen) atoms. The maximum Gasteiger partial charge on any atom is 0.0714 e. The van der Waals surface area contributed by atoms with E-state index < -0.39 is 5.41 Å². The van der Waals surface area contributed by atoms with Crippen LogP contribution in [0, 0.1) is 0 Å². The topological polar surface area (TPSA) is 38.7 Å². The third-order valence-corrected chi connectivity index (χ3v) is 12.9. The third kappa shape index (κ3) is 5.93. The Morgan fingerprint density at radius 1 is 0.286 bits per heavy atom. The minimum absolute atomic E-state index is 0.489. The molecule has 0 fully saturated rings. The summed E-state index contributed by atoms with van der Waals surface area (Å²) in [5, 5.41) is 4.73. The van der Waals surface area contributed by atoms with Gasteiger partial charge in [0.05, 0.1) is 22.5 Å². The summed E-state index contributed by atoms with van der Waals surface area (Å²) in [5.41, 5.74) is 17.6. The highest BCUT2D eigenvalue weighted by atomic mass is 14.7. The second kappa shape index (κ2) is 15.0. The van der Waals surface area contributed by atoms with Gasteiger partial charge < -0.3 is 0 Å². The Balaban J connectivity index is 1.04. The minimum Gasteiger partial charge on any atom is -0.256 e. The molecule has 3 aromatic heterocycles. The second-order valence-electron chi connectivity index (χ2n) is 16.3. The molecule has 0 N–H and O–H groups in total. The molecular weight excluding hydrogens is 763 g/mol. The maximum absolute atomic E-state index is 5.26. The van der Waals surface area contributed by atoms with Crippen LogP contribution in [0.2, 0.25) is 0 Å². The van der Waals surface area contributed by atoms with Gasteiger partial charge in [-0.1, -0.05) is 164 Å². The van der Waals surface area contributed by atoms with Gasteiger partial charge in [-0.25, -0.2) is 0 Å². The average Bonchev–Trinajstić information content (AvgIpc) is 3.67. The molecular formula is C60H39N3. The van der Waals surface area contributed by atoms with E-state index in [0.717, 1.165) is 44.9 Å². The summed E-state index contributed by atoms with van der Waals surface area (Å²) in [4.78, 5) is 14.6. The first-order valence-electron chi connectivity index (χ1n) is 21.5. The van der Waals surface area contributed by atoms with Gasteiger partial charge in [0.1, 0.15) is 0 Å². The summed E-state index contributed by atoms with van der Waals surface area (Å²) in [6.45, 7) is 0. The van der Waals surface area contributed by atoms with Crippen LogP contribution in [-0.2, 0) is 5.41 Å². The Morgan fingerprint density at radius 2 is 0.778 bits per heavy atom. The van der Waals surface area contributed by atoms with Gasteiger partial charge in [0, 0.05) is 40.8 Å². The van der Waals surface area contributed by atoms with Gasteiger partial charge in [0.25, 0.3) is 0 Å². The quantitative estimate of drug-likeness (QED) is 0.151. The van der Waals surface area contributed by atoms with Crippen LogP contribution < -0.4 is 0 Å². The van der Waals surface area contributed by atoms with Crippen LogP contribution in [0.15, 0.2) is 237 Å². The Morgan fingerprint density at radius 3 is 1.33 bits per heavy atom. The van der Waals surface area contributed by atoms with Gasteiger partial charge in [-0.15, -0.1) is 0 Å². The lowest BCUT2D eigenvalue weighted by molar-refractivity contribution is 0.769. The Hall–Kier alpha value is -8.27. The fraction of sp³-hybridized carbons (Fsp3) is 0.0167. The predicted octanol–water partition coefficient (Wildman–Crippen LogP) is 14.9. The Kier molecular flexibility index (Phi) is 8.72. The molecule has 12 rings (SSSR count). The zero-order chi connectivity index (χ0) is 41.7. The van der Waals surface area contributed by atoms with E-state index in [1.54, 1.807) is 0 Å². The predicted molar refractivity (Wildman–Crippen MR) is 259 cm³/mol. The summed E-state index contributed by atoms with van der Waals surface area (Å²) in [7, 11) is 0. The fourth-order valence-corrected chi connectivity index (χ4v) is 10.2. The number of rotatable bonds is 7. The van der Waals surface area contributed by atoms with Crippen LogP contribution in [0.4, 0.5) is 0 Å². The number of pyridine rings is 3. The molecule has 0 saturated heterocycles. The van der Waals surface area contributed by atoms with Crippen molar-refractivity contribution in [2.24, 2.45) is 0 Å². The van der Waals surface area contributed by atoms with Crippen molar-refractivity contribution < 1.29 is 0 Å². The number of fused-ring (bicyclic) bond motifs is 5. The summed E-state index contributed by atoms with van der Waals surface area (Å²) in [6, 6.07) is 78.9. The molecule has 1 aliphatic carbocycles. The number of aromatic nitrogens is 3. The van der Waals surface area contributed by atoms with Gasteiger partial charge in [-0.2, -0.15) is 0 Å². The van der Waals surface area contributed by atoms with Crippen LogP contribution in [-0.4, -0.2) is 15.0 Å². The molecule has 8 aromatic carbocycles. The number of nitrogens with zero attached hydrogens (tertiary/aromatic N) is 3. The monoisotopic (exact) mass is 801 g/mol. The van der Waals surface area contributed by atoms with Crippen molar-refractivity contribution in [2.75, 3.05) is 0 Å². The zero-order valence-corrected chi connectivity index (χ0v) is 34.4. The van der Waals surface area contributed by atoms with Crippen molar-refractivity contribution in [3.63, 3.8) is 0 Å². The van der Waals surface area contributed by atoms with Crippen LogP contribution in [0.1, 0.15) is 22.3 Å². The highest BCUT2D eigenvalue weighted by molar-refractivity contribution is 6.21. The van der Waals surface area contributed by atoms with E-state index >= 15 is 0 Å². The molecule has 11 aromatic rings. The van der Waals surface area contributed by atoms with E-state index in [9.17, 15) is 0 Å². The van der Waals surface area contributed by atoms with E-state index in [2.05, 4.69) is 192 Å². The number of benzene rings is 8. The van der Waals surface area contributed by atoms with Crippen molar-refractivity contribution in [1.82, 2.24) is 15.0 Å². The number of hydrogen-bond donors (Lipinski definition) is 0. The lowest BCUT2D eigenvalue weighted by Gasteiger charge is -2.34. The molecule has 0 saturated carbocycles. The first-order valence-corrected chi connectivity index (χ1v) is 21.5. The molecule has 3 heteroatoms. The van der Waals surface area contributed by atoms with E-state index in [4.69, 9.17) is 4.98 Å². The molecule has 0 spiro atoms. The molecule has 3 heterocycles. The van der Waals surface area contributed by atoms with Crippen molar-refractivity contribution in [2.45, 2.75) is 5.41 Å². The van der Waals surface area contributed by atoms with Gasteiger partial charge in [0.2, 0.25) is 0 Å². The van der Waals surface area contributed by atoms with Crippen molar-refractivity contribution in [1.29, 1.82) is 0 Å². The SMILES string of the molecule is c1ccc(C2(c3ccccc3)c3ccccc3-c3ccc(-c4c5ccccc5c(-c5ccc(-c6cc(-c7ccccn7)cc(-c7ccccn7)c6)cn5)c5ccccc45)cc32)cc1. The van der Waals surface area contributed by atoms with Gasteiger partial charge in [-0.3, -0.25) is 15.0 Å². The molecule has 0 atom stereocenters. The minimum atomic E-state index is -0.489. The standard InChI is InChI=1S/C60H39N3/c1-3-17-45(18-4-1)60(46-19-5-2-6-20-46)53-26-12-11-21-47(53)48-31-29-40(38-54(48)60)58-49-22-7-9-24-51(49)59(52-25-10-8-23-50(52)58)57-32-30-41(39-63-57)42-35-43(55-27-13-15-33-61-55)37-44(36-42)56-28-14-16-34-62-56/h1-39H. The average molecular weight is 802 g/mol. The smallest absolute Gasteiger partial charge is 0.0714 e. The van der Waals surface area contributed by atoms with Crippen LogP contribution >= 0.6 is 0 Å². The van der Waals surface area contributed by atoms with Crippen molar-refractivity contribution in [3.8, 4) is 67.2 Å². The first-order chi connectivity index (χ1) is 31.3. The van der Waals surface area contributed by atoms with Crippen LogP contribution in [0.25, 0.3) is 88.7 Å². The molecule has 0 unspecified atom stereocenters. The van der Waals surface area contributed by atoms with Gasteiger partial charge in [0.15, 0.2) is 0 Å². The second-order valence-corrected chi connectivity index (χ2v) is 16.3. The van der Waals surface area contributed by atoms with Crippen LogP contribution in [0.5, 0.6) is 0 Å². The van der Waals surface area contributed by atoms with E-state index in [0.29, 0.717) is 0 Å². The molecule has 0 bridgehead atoms. The van der Waals surface area contributed by atoms with Crippen molar-refractivity contribution in [3.05, 3.63) is 259 Å². The fourth-order valence-electron chi connectivity index (χ4n) is 10.2. The summed E-state index contributed by atoms with van der Waals surface area (Å²) < 4.78 is 0. The lowest BCUT2D eigenvalue weighted by atomic mass is 9.67. The summed E-state index contributed by atoms with van der Waals surface area (Å²) in [6.07, 6.45) is 5.69. The van der Waals surface area contributed by atoms with Crippen molar-refractivity contribution >= 4 is 21.5 Å². The zero-order valence-electron chi connectivity index (χ0n) is 34.4. The lowest BCUT2D eigenvalue weighted by Crippen LogP contribution is -2.28. The number of hydrogen-bond acceptors (Lipinski definition) is 3. The Bertz CT molecular complexity index is 3320. The third-order valence-electron chi connectivity index (χ3n) is 12.9. The largest absolute Gasteiger partial charge is 0.256 e. The Labute approximate surface area is 366 Å². The van der Waals surface area contributed by atoms with E-state index in [1.165, 1.54) is 66.1 Å². The summed E-state index contributed by atoms with van der Waals surface area (Å²) >= 11 is 0. The first kappa shape index (κ1) is 36.6. The molecule has 3 nitrogen and oxygen atoms in total. The molecule has 1 aliphatic rings. The molecule has 294 valence electrons. The van der Waals surface area contributed by atoms with Gasteiger partial charge >= 0.3 is 0 Å². The highest BCUT2D eigenvalue weighted by Crippen LogP contribution is 2.57. The van der Waals surface area contributed by atoms with E-state index in [1.807, 2.05) is 55.0 Å². The molecule has 0 radical (unpaired) electrons. The molecule has 0 amide bonds. The van der Waals surface area contributed by atoms with Crippen LogP contribution in [0.3, 0.4) is 0 Å². The van der Waals surface area contributed by atoms with Gasteiger partial charge in [-0.05, 0) is 126 Å². The summed E-state index contributed by atoms with van der Waals surface area (Å²) in [5.74, 6) is 0. The molecule has 0 aliphatic heterocycles.